The van der Waals surface area contributed by atoms with E-state index in [4.69, 9.17) is 5.11 Å². The Kier molecular flexibility index (Phi) is 4.15. The Morgan fingerprint density at radius 1 is 1.50 bits per heavy atom. The van der Waals surface area contributed by atoms with Gasteiger partial charge in [0.1, 0.15) is 5.82 Å². The molecule has 1 aromatic carbocycles. The second kappa shape index (κ2) is 5.82. The van der Waals surface area contributed by atoms with Gasteiger partial charge in [-0.3, -0.25) is 4.79 Å². The average Bonchev–Trinajstić information content (AvgIpc) is 2.78. The van der Waals surface area contributed by atoms with Crippen molar-refractivity contribution < 1.29 is 14.3 Å². The van der Waals surface area contributed by atoms with Crippen molar-refractivity contribution in [1.82, 2.24) is 5.32 Å². The van der Waals surface area contributed by atoms with Crippen molar-refractivity contribution in [1.29, 1.82) is 0 Å². The van der Waals surface area contributed by atoms with Crippen LogP contribution in [0.3, 0.4) is 0 Å². The summed E-state index contributed by atoms with van der Waals surface area (Å²) in [6.45, 7) is 1.98. The van der Waals surface area contributed by atoms with E-state index in [1.54, 1.807) is 12.1 Å². The Hall–Kier alpha value is -1.62. The molecule has 0 amide bonds. The maximum Gasteiger partial charge on any atom is 0.304 e. The van der Waals surface area contributed by atoms with E-state index < -0.39 is 5.97 Å². The van der Waals surface area contributed by atoms with Gasteiger partial charge in [-0.25, -0.2) is 4.39 Å². The van der Waals surface area contributed by atoms with E-state index >= 15 is 0 Å². The zero-order valence-electron chi connectivity index (χ0n) is 10.1. The summed E-state index contributed by atoms with van der Waals surface area (Å²) in [5, 5.41) is 11.7. The fraction of sp³-hybridized carbons (Fsp3) is 0.462. The van der Waals surface area contributed by atoms with Crippen LogP contribution in [0.15, 0.2) is 24.3 Å². The van der Waals surface area contributed by atoms with E-state index in [2.05, 4.69) is 5.32 Å². The summed E-state index contributed by atoms with van der Waals surface area (Å²) in [5.74, 6) is -1.00. The van der Waals surface area contributed by atoms with Crippen molar-refractivity contribution >= 4 is 11.7 Å². The van der Waals surface area contributed by atoms with Crippen molar-refractivity contribution in [2.45, 2.75) is 18.9 Å². The number of carbonyl (C=O) groups is 1. The van der Waals surface area contributed by atoms with E-state index in [1.165, 1.54) is 6.07 Å². The molecule has 1 fully saturated rings. The molecular formula is C13H17FN2O2. The molecule has 0 spiro atoms. The summed E-state index contributed by atoms with van der Waals surface area (Å²) in [5.41, 5.74) is 0.625. The molecule has 1 saturated heterocycles. The number of anilines is 1. The first kappa shape index (κ1) is 12.8. The zero-order valence-corrected chi connectivity index (χ0v) is 10.1. The highest BCUT2D eigenvalue weighted by atomic mass is 19.1. The Morgan fingerprint density at radius 3 is 3.00 bits per heavy atom. The molecule has 0 saturated carbocycles. The highest BCUT2D eigenvalue weighted by molar-refractivity contribution is 5.66. The van der Waals surface area contributed by atoms with E-state index in [1.807, 2.05) is 11.0 Å². The Morgan fingerprint density at radius 2 is 2.28 bits per heavy atom. The maximum absolute atomic E-state index is 13.6. The third-order valence-electron chi connectivity index (χ3n) is 3.15. The fourth-order valence-electron chi connectivity index (χ4n) is 2.24. The number of para-hydroxylation sites is 1. The number of rotatable bonds is 5. The molecule has 1 aliphatic heterocycles. The highest BCUT2D eigenvalue weighted by Gasteiger charge is 2.23. The number of carboxylic acid groups (broad SMARTS) is 1. The highest BCUT2D eigenvalue weighted by Crippen LogP contribution is 2.23. The van der Waals surface area contributed by atoms with Crippen molar-refractivity contribution in [3.8, 4) is 0 Å². The number of nitrogens with one attached hydrogen (secondary N) is 1. The summed E-state index contributed by atoms with van der Waals surface area (Å²) in [7, 11) is 0. The molecule has 0 aliphatic carbocycles. The van der Waals surface area contributed by atoms with Crippen LogP contribution in [0.25, 0.3) is 0 Å². The number of halogens is 1. The van der Waals surface area contributed by atoms with Gasteiger partial charge in [0.15, 0.2) is 0 Å². The molecule has 1 aliphatic rings. The number of nitrogens with zero attached hydrogens (tertiary/aromatic N) is 1. The molecule has 1 atom stereocenters. The lowest BCUT2D eigenvalue weighted by atomic mass is 10.2. The third-order valence-corrected chi connectivity index (χ3v) is 3.15. The minimum absolute atomic E-state index is 0.121. The predicted molar refractivity (Wildman–Crippen MR) is 67.3 cm³/mol. The van der Waals surface area contributed by atoms with Crippen LogP contribution in [0.1, 0.15) is 12.8 Å². The molecule has 1 aromatic rings. The van der Waals surface area contributed by atoms with Gasteiger partial charge in [0.05, 0.1) is 12.1 Å². The molecular weight excluding hydrogens is 235 g/mol. The van der Waals surface area contributed by atoms with E-state index in [-0.39, 0.29) is 18.3 Å². The summed E-state index contributed by atoms with van der Waals surface area (Å²) in [6, 6.07) is 6.97. The van der Waals surface area contributed by atoms with E-state index in [9.17, 15) is 9.18 Å². The van der Waals surface area contributed by atoms with Gasteiger partial charge in [0.25, 0.3) is 0 Å². The number of aliphatic carboxylic acids is 1. The van der Waals surface area contributed by atoms with Crippen molar-refractivity contribution in [2.24, 2.45) is 0 Å². The number of hydrogen-bond acceptors (Lipinski definition) is 3. The van der Waals surface area contributed by atoms with Crippen LogP contribution < -0.4 is 10.2 Å². The maximum atomic E-state index is 13.6. The Labute approximate surface area is 105 Å². The Bertz CT molecular complexity index is 425. The van der Waals surface area contributed by atoms with Crippen molar-refractivity contribution in [3.05, 3.63) is 30.1 Å². The zero-order chi connectivity index (χ0) is 13.0. The van der Waals surface area contributed by atoms with Gasteiger partial charge in [-0.15, -0.1) is 0 Å². The lowest BCUT2D eigenvalue weighted by molar-refractivity contribution is -0.136. The topological polar surface area (TPSA) is 52.6 Å². The predicted octanol–water partition coefficient (Wildman–Crippen LogP) is 1.47. The molecule has 1 unspecified atom stereocenters. The summed E-state index contributed by atoms with van der Waals surface area (Å²) in [4.78, 5) is 12.4. The van der Waals surface area contributed by atoms with E-state index in [0.717, 1.165) is 19.5 Å². The molecule has 1 heterocycles. The molecule has 0 bridgehead atoms. The second-order valence-electron chi connectivity index (χ2n) is 4.48. The number of carboxylic acids is 1. The van der Waals surface area contributed by atoms with Crippen LogP contribution in [-0.2, 0) is 4.79 Å². The fourth-order valence-corrected chi connectivity index (χ4v) is 2.24. The van der Waals surface area contributed by atoms with Crippen molar-refractivity contribution in [2.75, 3.05) is 24.5 Å². The minimum atomic E-state index is -0.800. The van der Waals surface area contributed by atoms with Crippen molar-refractivity contribution in [3.63, 3.8) is 0 Å². The first-order chi connectivity index (χ1) is 8.66. The van der Waals surface area contributed by atoms with Crippen LogP contribution in [0.2, 0.25) is 0 Å². The first-order valence-electron chi connectivity index (χ1n) is 6.11. The van der Waals surface area contributed by atoms with Gasteiger partial charge in [-0.05, 0) is 18.6 Å². The third kappa shape index (κ3) is 3.20. The molecule has 0 aromatic heterocycles. The molecule has 98 valence electrons. The quantitative estimate of drug-likeness (QED) is 0.833. The summed E-state index contributed by atoms with van der Waals surface area (Å²) >= 11 is 0. The van der Waals surface area contributed by atoms with E-state index in [0.29, 0.717) is 12.2 Å². The van der Waals surface area contributed by atoms with Crippen LogP contribution in [0, 0.1) is 5.82 Å². The minimum Gasteiger partial charge on any atom is -0.481 e. The molecule has 2 rings (SSSR count). The van der Waals surface area contributed by atoms with Crippen LogP contribution in [0.4, 0.5) is 10.1 Å². The Balaban J connectivity index is 1.85. The van der Waals surface area contributed by atoms with Gasteiger partial charge in [0.2, 0.25) is 0 Å². The smallest absolute Gasteiger partial charge is 0.304 e. The molecule has 2 N–H and O–H groups in total. The van der Waals surface area contributed by atoms with Crippen LogP contribution >= 0.6 is 0 Å². The summed E-state index contributed by atoms with van der Waals surface area (Å²) in [6.07, 6.45) is 1.03. The van der Waals surface area contributed by atoms with Gasteiger partial charge in [0, 0.05) is 25.7 Å². The normalized spacial score (nSPS) is 19.2. The van der Waals surface area contributed by atoms with Gasteiger partial charge < -0.3 is 15.3 Å². The molecule has 4 nitrogen and oxygen atoms in total. The first-order valence-corrected chi connectivity index (χ1v) is 6.11. The van der Waals surface area contributed by atoms with Gasteiger partial charge in [-0.2, -0.15) is 0 Å². The summed E-state index contributed by atoms with van der Waals surface area (Å²) < 4.78 is 13.6. The average molecular weight is 252 g/mol. The lowest BCUT2D eigenvalue weighted by Gasteiger charge is -2.19. The van der Waals surface area contributed by atoms with Gasteiger partial charge >= 0.3 is 5.97 Å². The van der Waals surface area contributed by atoms with Gasteiger partial charge in [-0.1, -0.05) is 12.1 Å². The van der Waals surface area contributed by atoms with Crippen LogP contribution in [-0.4, -0.2) is 36.8 Å². The largest absolute Gasteiger partial charge is 0.481 e. The molecule has 18 heavy (non-hydrogen) atoms. The second-order valence-corrected chi connectivity index (χ2v) is 4.48. The molecule has 5 heteroatoms. The lowest BCUT2D eigenvalue weighted by Crippen LogP contribution is -2.34. The number of hydrogen-bond donors (Lipinski definition) is 2. The SMILES string of the molecule is O=C(O)CCNC1CCN(c2ccccc2F)C1. The molecule has 0 radical (unpaired) electrons. The van der Waals surface area contributed by atoms with Crippen LogP contribution in [0.5, 0.6) is 0 Å². The number of benzene rings is 1. The monoisotopic (exact) mass is 252 g/mol. The standard InChI is InChI=1S/C13H17FN2O2/c14-11-3-1-2-4-12(11)16-8-6-10(9-16)15-7-5-13(17)18/h1-4,10,15H,5-9H2,(H,17,18).